The maximum absolute atomic E-state index is 12.2. The first-order valence-corrected chi connectivity index (χ1v) is 5.65. The number of amides is 1. The van der Waals surface area contributed by atoms with Crippen LogP contribution in [-0.4, -0.2) is 34.1 Å². The molecule has 1 aromatic carbocycles. The van der Waals surface area contributed by atoms with Crippen LogP contribution in [-0.2, 0) is 4.79 Å². The minimum Gasteiger partial charge on any atom is -0.480 e. The fourth-order valence-corrected chi connectivity index (χ4v) is 1.52. The summed E-state index contributed by atoms with van der Waals surface area (Å²) >= 11 is 0. The summed E-state index contributed by atoms with van der Waals surface area (Å²) in [5.74, 6) is -3.07. The van der Waals surface area contributed by atoms with Crippen molar-refractivity contribution in [3.8, 4) is 0 Å². The van der Waals surface area contributed by atoms with E-state index in [9.17, 15) is 32.9 Å². The van der Waals surface area contributed by atoms with Gasteiger partial charge in [0.1, 0.15) is 11.7 Å². The first-order chi connectivity index (χ1) is 10.0. The molecule has 22 heavy (non-hydrogen) atoms. The second kappa shape index (κ2) is 6.28. The number of nitro benzene ring substituents is 1. The van der Waals surface area contributed by atoms with Crippen LogP contribution in [0.5, 0.6) is 0 Å². The molecule has 120 valence electrons. The summed E-state index contributed by atoms with van der Waals surface area (Å²) in [7, 11) is 0. The van der Waals surface area contributed by atoms with E-state index < -0.39 is 41.1 Å². The van der Waals surface area contributed by atoms with Gasteiger partial charge in [-0.3, -0.25) is 14.9 Å². The highest BCUT2D eigenvalue weighted by Gasteiger charge is 2.36. The summed E-state index contributed by atoms with van der Waals surface area (Å²) in [6.07, 6.45) is -6.57. The van der Waals surface area contributed by atoms with Crippen LogP contribution in [0.1, 0.15) is 16.8 Å². The highest BCUT2D eigenvalue weighted by atomic mass is 19.4. The summed E-state index contributed by atoms with van der Waals surface area (Å²) in [6, 6.07) is 0.595. The van der Waals surface area contributed by atoms with E-state index in [-0.39, 0.29) is 11.3 Å². The SMILES string of the molecule is Nc1ccc(C(=O)NC(CC(F)(F)F)C(=O)O)cc1[N+](=O)[O-]. The van der Waals surface area contributed by atoms with E-state index in [1.54, 1.807) is 5.32 Å². The van der Waals surface area contributed by atoms with E-state index in [4.69, 9.17) is 10.8 Å². The van der Waals surface area contributed by atoms with Crippen molar-refractivity contribution < 1.29 is 32.8 Å². The van der Waals surface area contributed by atoms with Gasteiger partial charge in [0, 0.05) is 11.6 Å². The van der Waals surface area contributed by atoms with Crippen molar-refractivity contribution in [1.82, 2.24) is 5.32 Å². The molecule has 1 aromatic rings. The monoisotopic (exact) mass is 321 g/mol. The zero-order valence-electron chi connectivity index (χ0n) is 10.8. The van der Waals surface area contributed by atoms with Gasteiger partial charge in [0.05, 0.1) is 11.3 Å². The number of carboxylic acid groups (broad SMARTS) is 1. The van der Waals surface area contributed by atoms with Gasteiger partial charge in [0.25, 0.3) is 11.6 Å². The van der Waals surface area contributed by atoms with Crippen LogP contribution in [0.15, 0.2) is 18.2 Å². The lowest BCUT2D eigenvalue weighted by atomic mass is 10.1. The number of aliphatic carboxylic acids is 1. The average Bonchev–Trinajstić information content (AvgIpc) is 2.36. The molecule has 1 rings (SSSR count). The van der Waals surface area contributed by atoms with Crippen LogP contribution < -0.4 is 11.1 Å². The predicted octanol–water partition coefficient (Wildman–Crippen LogP) is 1.31. The lowest BCUT2D eigenvalue weighted by Gasteiger charge is -2.16. The molecular weight excluding hydrogens is 311 g/mol. The molecule has 1 amide bonds. The van der Waals surface area contributed by atoms with Crippen molar-refractivity contribution in [3.05, 3.63) is 33.9 Å². The Hall–Kier alpha value is -2.85. The number of nitro groups is 1. The van der Waals surface area contributed by atoms with Crippen LogP contribution in [0.3, 0.4) is 0 Å². The molecule has 0 radical (unpaired) electrons. The quantitative estimate of drug-likeness (QED) is 0.425. The van der Waals surface area contributed by atoms with E-state index in [1.165, 1.54) is 0 Å². The standard InChI is InChI=1S/C11H10F3N3O5/c12-11(13,14)4-7(10(19)20)16-9(18)5-1-2-6(15)8(3-5)17(21)22/h1-3,7H,4,15H2,(H,16,18)(H,19,20). The molecule has 0 aliphatic carbocycles. The van der Waals surface area contributed by atoms with Crippen LogP contribution in [0, 0.1) is 10.1 Å². The molecule has 0 heterocycles. The maximum atomic E-state index is 12.2. The smallest absolute Gasteiger partial charge is 0.391 e. The highest BCUT2D eigenvalue weighted by molar-refractivity contribution is 5.97. The van der Waals surface area contributed by atoms with E-state index >= 15 is 0 Å². The number of alkyl halides is 3. The van der Waals surface area contributed by atoms with Crippen molar-refractivity contribution >= 4 is 23.3 Å². The Labute approximate surface area is 120 Å². The number of rotatable bonds is 5. The number of nitrogens with two attached hydrogens (primary N) is 1. The van der Waals surface area contributed by atoms with Gasteiger partial charge in [-0.25, -0.2) is 4.79 Å². The predicted molar refractivity (Wildman–Crippen MR) is 67.1 cm³/mol. The van der Waals surface area contributed by atoms with Crippen molar-refractivity contribution in [2.75, 3.05) is 5.73 Å². The molecule has 0 aromatic heterocycles. The minimum absolute atomic E-state index is 0.244. The van der Waals surface area contributed by atoms with Gasteiger partial charge < -0.3 is 16.2 Å². The number of nitrogens with one attached hydrogen (secondary N) is 1. The number of halogens is 3. The average molecular weight is 321 g/mol. The maximum Gasteiger partial charge on any atom is 0.391 e. The number of anilines is 1. The number of carbonyl (C=O) groups excluding carboxylic acids is 1. The lowest BCUT2D eigenvalue weighted by Crippen LogP contribution is -2.43. The zero-order valence-corrected chi connectivity index (χ0v) is 10.8. The first-order valence-electron chi connectivity index (χ1n) is 5.65. The topological polar surface area (TPSA) is 136 Å². The molecule has 1 atom stereocenters. The van der Waals surface area contributed by atoms with E-state index in [0.717, 1.165) is 18.2 Å². The second-order valence-electron chi connectivity index (χ2n) is 4.21. The Kier molecular flexibility index (Phi) is 4.91. The van der Waals surface area contributed by atoms with Gasteiger partial charge in [-0.15, -0.1) is 0 Å². The van der Waals surface area contributed by atoms with Crippen molar-refractivity contribution in [3.63, 3.8) is 0 Å². The Bertz CT molecular complexity index is 617. The van der Waals surface area contributed by atoms with Crippen molar-refractivity contribution in [1.29, 1.82) is 0 Å². The first kappa shape index (κ1) is 17.2. The fraction of sp³-hybridized carbons (Fsp3) is 0.273. The molecular formula is C11H10F3N3O5. The van der Waals surface area contributed by atoms with Gasteiger partial charge in [0.15, 0.2) is 0 Å². The molecule has 0 aliphatic heterocycles. The molecule has 0 bridgehead atoms. The summed E-state index contributed by atoms with van der Waals surface area (Å²) in [6.45, 7) is 0. The van der Waals surface area contributed by atoms with Gasteiger partial charge >= 0.3 is 12.1 Å². The number of carbonyl (C=O) groups is 2. The third kappa shape index (κ3) is 4.61. The molecule has 8 nitrogen and oxygen atoms in total. The van der Waals surface area contributed by atoms with Crippen molar-refractivity contribution in [2.24, 2.45) is 0 Å². The highest BCUT2D eigenvalue weighted by Crippen LogP contribution is 2.24. The third-order valence-corrected chi connectivity index (χ3v) is 2.53. The van der Waals surface area contributed by atoms with Gasteiger partial charge in [-0.2, -0.15) is 13.2 Å². The van der Waals surface area contributed by atoms with Gasteiger partial charge in [-0.1, -0.05) is 0 Å². The second-order valence-corrected chi connectivity index (χ2v) is 4.21. The van der Waals surface area contributed by atoms with E-state index in [1.807, 2.05) is 0 Å². The largest absolute Gasteiger partial charge is 0.480 e. The van der Waals surface area contributed by atoms with Gasteiger partial charge in [0.2, 0.25) is 0 Å². The Morgan fingerprint density at radius 1 is 1.41 bits per heavy atom. The third-order valence-electron chi connectivity index (χ3n) is 2.53. The molecule has 0 saturated heterocycles. The van der Waals surface area contributed by atoms with Crippen LogP contribution in [0.25, 0.3) is 0 Å². The normalized spacial score (nSPS) is 12.5. The number of nitrogen functional groups attached to an aromatic ring is 1. The lowest BCUT2D eigenvalue weighted by molar-refractivity contribution is -0.383. The number of hydrogen-bond donors (Lipinski definition) is 3. The molecule has 0 spiro atoms. The van der Waals surface area contributed by atoms with Crippen LogP contribution >= 0.6 is 0 Å². The molecule has 0 fully saturated rings. The van der Waals surface area contributed by atoms with Crippen molar-refractivity contribution in [2.45, 2.75) is 18.6 Å². The minimum atomic E-state index is -4.80. The van der Waals surface area contributed by atoms with Crippen LogP contribution in [0.4, 0.5) is 24.5 Å². The zero-order chi connectivity index (χ0) is 17.1. The number of hydrogen-bond acceptors (Lipinski definition) is 5. The summed E-state index contributed by atoms with van der Waals surface area (Å²) in [5, 5.41) is 21.0. The Balaban J connectivity index is 2.98. The molecule has 0 aliphatic rings. The Morgan fingerprint density at radius 3 is 2.45 bits per heavy atom. The molecule has 4 N–H and O–H groups in total. The summed E-state index contributed by atoms with van der Waals surface area (Å²) < 4.78 is 36.7. The fourth-order valence-electron chi connectivity index (χ4n) is 1.52. The van der Waals surface area contributed by atoms with E-state index in [2.05, 4.69) is 0 Å². The summed E-state index contributed by atoms with van der Waals surface area (Å²) in [5.41, 5.74) is 4.07. The number of benzene rings is 1. The molecule has 11 heteroatoms. The molecule has 0 saturated carbocycles. The van der Waals surface area contributed by atoms with Crippen LogP contribution in [0.2, 0.25) is 0 Å². The molecule has 1 unspecified atom stereocenters. The van der Waals surface area contributed by atoms with E-state index in [0.29, 0.717) is 0 Å². The number of carboxylic acids is 1. The number of nitrogens with zero attached hydrogens (tertiary/aromatic N) is 1. The summed E-state index contributed by atoms with van der Waals surface area (Å²) in [4.78, 5) is 32.2. The van der Waals surface area contributed by atoms with Gasteiger partial charge in [-0.05, 0) is 12.1 Å². The Morgan fingerprint density at radius 2 is 2.00 bits per heavy atom.